The van der Waals surface area contributed by atoms with Crippen molar-refractivity contribution in [3.8, 4) is 0 Å². The summed E-state index contributed by atoms with van der Waals surface area (Å²) in [5, 5.41) is 3.05. The second-order valence-electron chi connectivity index (χ2n) is 7.21. The number of ketones is 1. The molecule has 0 heterocycles. The van der Waals surface area contributed by atoms with Crippen LogP contribution in [0, 0.1) is 11.8 Å². The van der Waals surface area contributed by atoms with E-state index in [4.69, 9.17) is 11.6 Å². The van der Waals surface area contributed by atoms with Crippen molar-refractivity contribution in [2.75, 3.05) is 0 Å². The number of rotatable bonds is 0. The third-order valence-electron chi connectivity index (χ3n) is 6.00. The van der Waals surface area contributed by atoms with Gasteiger partial charge in [0.05, 0.1) is 0 Å². The van der Waals surface area contributed by atoms with E-state index in [2.05, 4.69) is 30.4 Å². The van der Waals surface area contributed by atoms with Gasteiger partial charge in [-0.05, 0) is 53.3 Å². The van der Waals surface area contributed by atoms with Crippen LogP contribution in [0.4, 0.5) is 0 Å². The van der Waals surface area contributed by atoms with E-state index in [1.54, 1.807) is 0 Å². The second-order valence-corrected chi connectivity index (χ2v) is 7.62. The molecule has 3 atom stereocenters. The highest BCUT2D eigenvalue weighted by atomic mass is 35.5. The number of hydrogen-bond donors (Lipinski definition) is 0. The van der Waals surface area contributed by atoms with Gasteiger partial charge in [0.2, 0.25) is 0 Å². The largest absolute Gasteiger partial charge is 0.299 e. The van der Waals surface area contributed by atoms with E-state index < -0.39 is 0 Å². The second kappa shape index (κ2) is 4.23. The molecule has 1 saturated carbocycles. The molecular weight excluding hydrogens is 292 g/mol. The standard InChI is InChI=1S/C20H17ClO/c21-19-3-1-2-13-9-18-14(8-17(13)19)7-16(22)11-20(18)10-12-4-5-15(20)6-12/h1-5,8-9,12,15H,6-7,10-11H2. The summed E-state index contributed by atoms with van der Waals surface area (Å²) in [6.07, 6.45) is 8.36. The SMILES string of the molecule is O=C1Cc2cc3c(Cl)cccc3cc2C2(C1)CC1C=CC2C1. The van der Waals surface area contributed by atoms with Gasteiger partial charge in [0, 0.05) is 28.7 Å². The summed E-state index contributed by atoms with van der Waals surface area (Å²) >= 11 is 6.35. The number of benzene rings is 2. The topological polar surface area (TPSA) is 17.1 Å². The van der Waals surface area contributed by atoms with Crippen molar-refractivity contribution in [3.63, 3.8) is 0 Å². The normalized spacial score (nSPS) is 32.1. The number of carbonyl (C=O) groups is 1. The van der Waals surface area contributed by atoms with E-state index in [9.17, 15) is 4.79 Å². The van der Waals surface area contributed by atoms with E-state index in [0.717, 1.165) is 23.3 Å². The first-order valence-electron chi connectivity index (χ1n) is 8.07. The lowest BCUT2D eigenvalue weighted by Gasteiger charge is -2.40. The number of Topliss-reactive ketones (excluding diaryl/α,β-unsaturated/α-hetero) is 1. The Labute approximate surface area is 135 Å². The van der Waals surface area contributed by atoms with E-state index in [0.29, 0.717) is 24.0 Å². The molecule has 1 nitrogen and oxygen atoms in total. The van der Waals surface area contributed by atoms with E-state index in [-0.39, 0.29) is 5.41 Å². The minimum absolute atomic E-state index is 0.0561. The van der Waals surface area contributed by atoms with Gasteiger partial charge in [0.25, 0.3) is 0 Å². The Morgan fingerprint density at radius 1 is 1.18 bits per heavy atom. The molecule has 1 fully saturated rings. The van der Waals surface area contributed by atoms with Crippen molar-refractivity contribution in [1.29, 1.82) is 0 Å². The van der Waals surface area contributed by atoms with Gasteiger partial charge in [-0.2, -0.15) is 0 Å². The molecule has 3 aliphatic rings. The molecule has 2 bridgehead atoms. The number of carbonyl (C=O) groups excluding carboxylic acids is 1. The predicted octanol–water partition coefficient (Wildman–Crippen LogP) is 4.84. The van der Waals surface area contributed by atoms with Crippen molar-refractivity contribution in [2.45, 2.75) is 31.1 Å². The highest BCUT2D eigenvalue weighted by Crippen LogP contribution is 2.58. The van der Waals surface area contributed by atoms with Gasteiger partial charge >= 0.3 is 0 Å². The van der Waals surface area contributed by atoms with Gasteiger partial charge in [-0.1, -0.05) is 42.0 Å². The van der Waals surface area contributed by atoms with Crippen LogP contribution in [0.5, 0.6) is 0 Å². The molecule has 110 valence electrons. The zero-order valence-corrected chi connectivity index (χ0v) is 13.1. The maximum atomic E-state index is 12.4. The Morgan fingerprint density at radius 2 is 2.09 bits per heavy atom. The molecule has 2 aromatic carbocycles. The minimum Gasteiger partial charge on any atom is -0.299 e. The third kappa shape index (κ3) is 1.58. The highest BCUT2D eigenvalue weighted by molar-refractivity contribution is 6.35. The average molecular weight is 309 g/mol. The Bertz CT molecular complexity index is 850. The lowest BCUT2D eigenvalue weighted by molar-refractivity contribution is -0.120. The Morgan fingerprint density at radius 3 is 2.86 bits per heavy atom. The molecule has 0 aromatic heterocycles. The van der Waals surface area contributed by atoms with Gasteiger partial charge in [0.15, 0.2) is 0 Å². The Kier molecular flexibility index (Phi) is 2.48. The van der Waals surface area contributed by atoms with Crippen LogP contribution in [0.2, 0.25) is 5.02 Å². The summed E-state index contributed by atoms with van der Waals surface area (Å²) in [5.41, 5.74) is 2.68. The molecule has 3 unspecified atom stereocenters. The van der Waals surface area contributed by atoms with Crippen LogP contribution in [-0.4, -0.2) is 5.78 Å². The van der Waals surface area contributed by atoms with Crippen LogP contribution >= 0.6 is 11.6 Å². The Balaban J connectivity index is 1.80. The van der Waals surface area contributed by atoms with Crippen molar-refractivity contribution < 1.29 is 4.79 Å². The quantitative estimate of drug-likeness (QED) is 0.636. The van der Waals surface area contributed by atoms with Crippen molar-refractivity contribution >= 4 is 28.2 Å². The fourth-order valence-electron chi connectivity index (χ4n) is 5.13. The third-order valence-corrected chi connectivity index (χ3v) is 6.33. The van der Waals surface area contributed by atoms with Crippen LogP contribution < -0.4 is 0 Å². The summed E-state index contributed by atoms with van der Waals surface area (Å²) in [7, 11) is 0. The van der Waals surface area contributed by atoms with Gasteiger partial charge in [-0.3, -0.25) is 4.79 Å². The van der Waals surface area contributed by atoms with Crippen LogP contribution in [0.3, 0.4) is 0 Å². The highest BCUT2D eigenvalue weighted by Gasteiger charge is 2.52. The van der Waals surface area contributed by atoms with E-state index >= 15 is 0 Å². The molecular formula is C20H17ClO. The van der Waals surface area contributed by atoms with Gasteiger partial charge < -0.3 is 0 Å². The fraction of sp³-hybridized carbons (Fsp3) is 0.350. The first-order valence-corrected chi connectivity index (χ1v) is 8.45. The van der Waals surface area contributed by atoms with Gasteiger partial charge in [0.1, 0.15) is 5.78 Å². The average Bonchev–Trinajstić information content (AvgIpc) is 3.08. The van der Waals surface area contributed by atoms with E-state index in [1.165, 1.54) is 22.9 Å². The lowest BCUT2D eigenvalue weighted by atomic mass is 9.62. The van der Waals surface area contributed by atoms with Crippen LogP contribution in [0.15, 0.2) is 42.5 Å². The summed E-state index contributed by atoms with van der Waals surface area (Å²) in [4.78, 5) is 12.4. The number of fused-ring (bicyclic) bond motifs is 6. The number of hydrogen-bond acceptors (Lipinski definition) is 1. The summed E-state index contributed by atoms with van der Waals surface area (Å²) in [6.45, 7) is 0. The summed E-state index contributed by atoms with van der Waals surface area (Å²) in [6, 6.07) is 10.6. The van der Waals surface area contributed by atoms with E-state index in [1.807, 2.05) is 12.1 Å². The maximum absolute atomic E-state index is 12.4. The molecule has 0 saturated heterocycles. The molecule has 2 aromatic rings. The molecule has 0 amide bonds. The molecule has 2 heteroatoms. The van der Waals surface area contributed by atoms with Gasteiger partial charge in [-0.15, -0.1) is 0 Å². The summed E-state index contributed by atoms with van der Waals surface area (Å²) < 4.78 is 0. The smallest absolute Gasteiger partial charge is 0.138 e. The van der Waals surface area contributed by atoms with Crippen molar-refractivity contribution in [3.05, 3.63) is 58.6 Å². The molecule has 0 aliphatic heterocycles. The van der Waals surface area contributed by atoms with Crippen molar-refractivity contribution in [1.82, 2.24) is 0 Å². The fourth-order valence-corrected chi connectivity index (χ4v) is 5.37. The molecule has 3 aliphatic carbocycles. The molecule has 0 N–H and O–H groups in total. The molecule has 0 radical (unpaired) electrons. The first-order chi connectivity index (χ1) is 10.7. The molecule has 1 spiro atoms. The monoisotopic (exact) mass is 308 g/mol. The number of halogens is 1. The number of allylic oxidation sites excluding steroid dienone is 2. The van der Waals surface area contributed by atoms with Crippen LogP contribution in [0.25, 0.3) is 10.8 Å². The predicted molar refractivity (Wildman–Crippen MR) is 89.3 cm³/mol. The van der Waals surface area contributed by atoms with Crippen molar-refractivity contribution in [2.24, 2.45) is 11.8 Å². The van der Waals surface area contributed by atoms with Gasteiger partial charge in [-0.25, -0.2) is 0 Å². The molecule has 22 heavy (non-hydrogen) atoms. The molecule has 5 rings (SSSR count). The zero-order valence-electron chi connectivity index (χ0n) is 12.3. The summed E-state index contributed by atoms with van der Waals surface area (Å²) in [5.74, 6) is 1.59. The lowest BCUT2D eigenvalue weighted by Crippen LogP contribution is -2.38. The van der Waals surface area contributed by atoms with Crippen LogP contribution in [-0.2, 0) is 16.6 Å². The zero-order chi connectivity index (χ0) is 14.9. The first kappa shape index (κ1) is 12.9. The Hall–Kier alpha value is -1.60. The minimum atomic E-state index is 0.0561. The maximum Gasteiger partial charge on any atom is 0.138 e. The van der Waals surface area contributed by atoms with Crippen LogP contribution in [0.1, 0.15) is 30.4 Å².